The molecule has 0 aliphatic heterocycles. The van der Waals surface area contributed by atoms with Crippen LogP contribution in [0.4, 0.5) is 15.3 Å². The number of anilines is 1. The maximum atomic E-state index is 12.9. The van der Waals surface area contributed by atoms with Gasteiger partial charge in [-0.15, -0.1) is 0 Å². The van der Waals surface area contributed by atoms with Gasteiger partial charge in [0.2, 0.25) is 0 Å². The molecule has 0 aliphatic rings. The average Bonchev–Trinajstić information content (AvgIpc) is 3.17. The number of fused-ring (bicyclic) bond motifs is 1. The van der Waals surface area contributed by atoms with Gasteiger partial charge in [0.05, 0.1) is 11.2 Å². The normalized spacial score (nSPS) is 10.6. The van der Waals surface area contributed by atoms with Gasteiger partial charge >= 0.3 is 12.1 Å². The fourth-order valence-corrected chi connectivity index (χ4v) is 3.38. The molecule has 0 aliphatic carbocycles. The van der Waals surface area contributed by atoms with Crippen LogP contribution < -0.4 is 10.6 Å². The van der Waals surface area contributed by atoms with E-state index in [9.17, 15) is 9.59 Å². The van der Waals surface area contributed by atoms with Crippen molar-refractivity contribution >= 4 is 28.7 Å². The lowest BCUT2D eigenvalue weighted by Gasteiger charge is -2.15. The summed E-state index contributed by atoms with van der Waals surface area (Å²) in [5.41, 5.74) is 4.13. The smallest absolute Gasteiger partial charge is 0.328 e. The Morgan fingerprint density at radius 2 is 1.71 bits per heavy atom. The Morgan fingerprint density at radius 3 is 2.42 bits per heavy atom. The fraction of sp³-hybridized carbons (Fsp3) is 0.125. The zero-order valence-electron chi connectivity index (χ0n) is 17.4. The highest BCUT2D eigenvalue weighted by Crippen LogP contribution is 2.30. The predicted molar refractivity (Wildman–Crippen MR) is 122 cm³/mol. The topological polar surface area (TPSA) is 79.3 Å². The molecule has 4 rings (SSSR count). The second-order valence-electron chi connectivity index (χ2n) is 7.34. The molecule has 4 aromatic rings. The molecule has 7 nitrogen and oxygen atoms in total. The number of hydrogen-bond acceptors (Lipinski definition) is 3. The van der Waals surface area contributed by atoms with Gasteiger partial charge in [0.25, 0.3) is 0 Å². The van der Waals surface area contributed by atoms with Gasteiger partial charge in [0.15, 0.2) is 0 Å². The van der Waals surface area contributed by atoms with Gasteiger partial charge in [0, 0.05) is 44.1 Å². The summed E-state index contributed by atoms with van der Waals surface area (Å²) in [5, 5.41) is 6.54. The zero-order valence-corrected chi connectivity index (χ0v) is 17.4. The second-order valence-corrected chi connectivity index (χ2v) is 7.34. The van der Waals surface area contributed by atoms with Crippen molar-refractivity contribution in [1.29, 1.82) is 0 Å². The van der Waals surface area contributed by atoms with Crippen LogP contribution in [-0.2, 0) is 6.54 Å². The summed E-state index contributed by atoms with van der Waals surface area (Å²) in [4.78, 5) is 30.7. The molecule has 0 radical (unpaired) electrons. The number of urea groups is 1. The molecule has 0 spiro atoms. The molecule has 0 unspecified atom stereocenters. The number of rotatable bonds is 4. The number of aromatic nitrogens is 2. The SMILES string of the molecule is CN(C)C(=O)n1c(-c2ccccc2)cc2cc(NC(=O)NCc3ccncc3)ccc21. The first-order valence-corrected chi connectivity index (χ1v) is 9.89. The van der Waals surface area contributed by atoms with Gasteiger partial charge < -0.3 is 15.5 Å². The van der Waals surface area contributed by atoms with Crippen molar-refractivity contribution < 1.29 is 9.59 Å². The van der Waals surface area contributed by atoms with Crippen molar-refractivity contribution in [3.05, 3.63) is 84.7 Å². The molecule has 7 heteroatoms. The quantitative estimate of drug-likeness (QED) is 0.515. The van der Waals surface area contributed by atoms with Crippen molar-refractivity contribution in [1.82, 2.24) is 19.8 Å². The number of nitrogens with one attached hydrogen (secondary N) is 2. The summed E-state index contributed by atoms with van der Waals surface area (Å²) >= 11 is 0. The molecule has 2 aromatic heterocycles. The molecule has 0 fully saturated rings. The van der Waals surface area contributed by atoms with Crippen LogP contribution in [0.5, 0.6) is 0 Å². The molecule has 0 atom stereocenters. The maximum Gasteiger partial charge on any atom is 0.328 e. The van der Waals surface area contributed by atoms with Crippen molar-refractivity contribution in [2.75, 3.05) is 19.4 Å². The van der Waals surface area contributed by atoms with E-state index in [-0.39, 0.29) is 12.1 Å². The van der Waals surface area contributed by atoms with Crippen LogP contribution in [-0.4, -0.2) is 40.6 Å². The van der Waals surface area contributed by atoms with E-state index in [1.165, 1.54) is 0 Å². The van der Waals surface area contributed by atoms with Gasteiger partial charge in [-0.25, -0.2) is 9.59 Å². The predicted octanol–water partition coefficient (Wildman–Crippen LogP) is 4.55. The fourth-order valence-electron chi connectivity index (χ4n) is 3.38. The standard InChI is InChI=1S/C24H23N5O2/c1-28(2)24(31)29-21-9-8-20(27-23(30)26-16-17-10-12-25-13-11-17)14-19(21)15-22(29)18-6-4-3-5-7-18/h3-15H,16H2,1-2H3,(H2,26,27,30). The van der Waals surface area contributed by atoms with E-state index >= 15 is 0 Å². The van der Waals surface area contributed by atoms with E-state index in [4.69, 9.17) is 0 Å². The van der Waals surface area contributed by atoms with Crippen molar-refractivity contribution in [3.63, 3.8) is 0 Å². The van der Waals surface area contributed by atoms with E-state index in [2.05, 4.69) is 15.6 Å². The number of benzene rings is 2. The molecule has 2 N–H and O–H groups in total. The molecule has 0 saturated heterocycles. The minimum atomic E-state index is -0.303. The number of pyridine rings is 1. The lowest BCUT2D eigenvalue weighted by molar-refractivity contribution is 0.220. The monoisotopic (exact) mass is 413 g/mol. The number of hydrogen-bond donors (Lipinski definition) is 2. The Balaban J connectivity index is 1.61. The lowest BCUT2D eigenvalue weighted by atomic mass is 10.1. The largest absolute Gasteiger partial charge is 0.334 e. The molecule has 156 valence electrons. The Morgan fingerprint density at radius 1 is 0.968 bits per heavy atom. The highest BCUT2D eigenvalue weighted by molar-refractivity contribution is 6.00. The number of carbonyl (C=O) groups is 2. The lowest BCUT2D eigenvalue weighted by Crippen LogP contribution is -2.28. The van der Waals surface area contributed by atoms with Gasteiger partial charge in [-0.3, -0.25) is 9.55 Å². The molecule has 2 aromatic carbocycles. The van der Waals surface area contributed by atoms with E-state index < -0.39 is 0 Å². The summed E-state index contributed by atoms with van der Waals surface area (Å²) in [7, 11) is 3.46. The van der Waals surface area contributed by atoms with E-state index in [0.29, 0.717) is 12.2 Å². The van der Waals surface area contributed by atoms with Crippen LogP contribution in [0.25, 0.3) is 22.2 Å². The van der Waals surface area contributed by atoms with Crippen molar-refractivity contribution in [2.24, 2.45) is 0 Å². The molecular formula is C24H23N5O2. The molecule has 31 heavy (non-hydrogen) atoms. The third-order valence-electron chi connectivity index (χ3n) is 4.91. The first-order valence-electron chi connectivity index (χ1n) is 9.89. The van der Waals surface area contributed by atoms with Gasteiger partial charge in [-0.05, 0) is 47.5 Å². The van der Waals surface area contributed by atoms with Crippen molar-refractivity contribution in [3.8, 4) is 11.3 Å². The zero-order chi connectivity index (χ0) is 21.8. The number of amides is 3. The van der Waals surface area contributed by atoms with E-state index in [1.807, 2.05) is 60.7 Å². The van der Waals surface area contributed by atoms with Crippen LogP contribution in [0, 0.1) is 0 Å². The number of nitrogens with zero attached hydrogens (tertiary/aromatic N) is 3. The van der Waals surface area contributed by atoms with Gasteiger partial charge in [-0.1, -0.05) is 30.3 Å². The van der Waals surface area contributed by atoms with Crippen LogP contribution in [0.15, 0.2) is 79.1 Å². The van der Waals surface area contributed by atoms with Crippen LogP contribution in [0.3, 0.4) is 0 Å². The molecule has 3 amide bonds. The van der Waals surface area contributed by atoms with Crippen LogP contribution in [0.2, 0.25) is 0 Å². The van der Waals surface area contributed by atoms with Crippen LogP contribution >= 0.6 is 0 Å². The molecule has 0 saturated carbocycles. The maximum absolute atomic E-state index is 12.9. The summed E-state index contributed by atoms with van der Waals surface area (Å²) in [6.07, 6.45) is 3.37. The Bertz CT molecular complexity index is 1220. The van der Waals surface area contributed by atoms with Crippen molar-refractivity contribution in [2.45, 2.75) is 6.54 Å². The Kier molecular flexibility index (Phi) is 5.66. The highest BCUT2D eigenvalue weighted by atomic mass is 16.2. The summed E-state index contributed by atoms with van der Waals surface area (Å²) in [6, 6.07) is 20.5. The molecule has 2 heterocycles. The Hall–Kier alpha value is -4.13. The van der Waals surface area contributed by atoms with E-state index in [1.54, 1.807) is 42.0 Å². The highest BCUT2D eigenvalue weighted by Gasteiger charge is 2.18. The van der Waals surface area contributed by atoms with Gasteiger partial charge in [-0.2, -0.15) is 0 Å². The summed E-state index contributed by atoms with van der Waals surface area (Å²) < 4.78 is 1.69. The Labute approximate surface area is 180 Å². The average molecular weight is 413 g/mol. The third-order valence-corrected chi connectivity index (χ3v) is 4.91. The summed E-state index contributed by atoms with van der Waals surface area (Å²) in [6.45, 7) is 0.405. The first kappa shape index (κ1) is 20.2. The second kappa shape index (κ2) is 8.71. The van der Waals surface area contributed by atoms with E-state index in [0.717, 1.165) is 27.7 Å². The minimum absolute atomic E-state index is 0.135. The van der Waals surface area contributed by atoms with Crippen LogP contribution in [0.1, 0.15) is 5.56 Å². The third kappa shape index (κ3) is 4.40. The molecule has 0 bridgehead atoms. The first-order chi connectivity index (χ1) is 15.0. The minimum Gasteiger partial charge on any atom is -0.334 e. The summed E-state index contributed by atoms with van der Waals surface area (Å²) in [5.74, 6) is 0. The van der Waals surface area contributed by atoms with Gasteiger partial charge in [0.1, 0.15) is 0 Å². The number of carbonyl (C=O) groups excluding carboxylic acids is 2. The molecular weight excluding hydrogens is 390 g/mol.